The van der Waals surface area contributed by atoms with Crippen LogP contribution in [0.5, 0.6) is 11.5 Å². The lowest BCUT2D eigenvalue weighted by atomic mass is 10.1. The Morgan fingerprint density at radius 3 is 2.57 bits per heavy atom. The van der Waals surface area contributed by atoms with E-state index < -0.39 is 0 Å². The van der Waals surface area contributed by atoms with E-state index in [1.807, 2.05) is 30.3 Å². The molecule has 8 nitrogen and oxygen atoms in total. The van der Waals surface area contributed by atoms with Gasteiger partial charge in [-0.15, -0.1) is 0 Å². The Morgan fingerprint density at radius 1 is 0.943 bits per heavy atom. The molecule has 3 heterocycles. The highest BCUT2D eigenvalue weighted by Crippen LogP contribution is 2.33. The Hall–Kier alpha value is -4.17. The maximum Gasteiger partial charge on any atom is 0.273 e. The highest BCUT2D eigenvalue weighted by atomic mass is 16.7. The maximum atomic E-state index is 12.6. The van der Waals surface area contributed by atoms with E-state index in [0.717, 1.165) is 22.6 Å². The van der Waals surface area contributed by atoms with Crippen LogP contribution in [0.25, 0.3) is 0 Å². The molecule has 0 aliphatic carbocycles. The largest absolute Gasteiger partial charge is 0.454 e. The third kappa shape index (κ3) is 5.85. The van der Waals surface area contributed by atoms with Crippen molar-refractivity contribution in [2.24, 2.45) is 0 Å². The van der Waals surface area contributed by atoms with Crippen LogP contribution in [0.4, 0.5) is 0 Å². The second-order valence-corrected chi connectivity index (χ2v) is 8.49. The number of carbonyl (C=O) groups excluding carboxylic acids is 1. The van der Waals surface area contributed by atoms with Crippen LogP contribution in [0.2, 0.25) is 0 Å². The minimum Gasteiger partial charge on any atom is -0.454 e. The molecule has 2 aromatic heterocycles. The molecule has 1 aliphatic rings. The Kier molecular flexibility index (Phi) is 6.72. The summed E-state index contributed by atoms with van der Waals surface area (Å²) in [4.78, 5) is 23.2. The molecule has 178 valence electrons. The number of fused-ring (bicyclic) bond motifs is 1. The summed E-state index contributed by atoms with van der Waals surface area (Å²) >= 11 is 0. The average molecular weight is 471 g/mol. The molecule has 0 fully saturated rings. The molecule has 1 aliphatic heterocycles. The minimum absolute atomic E-state index is 0.244. The van der Waals surface area contributed by atoms with E-state index in [1.165, 1.54) is 17.4 Å². The summed E-state index contributed by atoms with van der Waals surface area (Å²) < 4.78 is 16.6. The molecule has 5 rings (SSSR count). The van der Waals surface area contributed by atoms with E-state index in [4.69, 9.17) is 13.9 Å². The number of nitrogens with one attached hydrogen (secondary N) is 1. The molecule has 0 saturated heterocycles. The van der Waals surface area contributed by atoms with Crippen molar-refractivity contribution in [3.63, 3.8) is 0 Å². The number of amides is 1. The fraction of sp³-hybridized carbons (Fsp3) is 0.222. The smallest absolute Gasteiger partial charge is 0.273 e. The van der Waals surface area contributed by atoms with E-state index in [2.05, 4.69) is 51.4 Å². The van der Waals surface area contributed by atoms with E-state index in [9.17, 15) is 4.79 Å². The van der Waals surface area contributed by atoms with Crippen molar-refractivity contribution in [2.75, 3.05) is 6.79 Å². The van der Waals surface area contributed by atoms with E-state index in [1.54, 1.807) is 12.4 Å². The van der Waals surface area contributed by atoms with Crippen molar-refractivity contribution in [3.05, 3.63) is 107 Å². The van der Waals surface area contributed by atoms with Crippen LogP contribution in [0.3, 0.4) is 0 Å². The molecule has 1 amide bonds. The predicted molar refractivity (Wildman–Crippen MR) is 129 cm³/mol. The van der Waals surface area contributed by atoms with E-state index in [0.29, 0.717) is 32.1 Å². The number of nitrogens with zero attached hydrogens (tertiary/aromatic N) is 3. The first-order valence-corrected chi connectivity index (χ1v) is 11.4. The van der Waals surface area contributed by atoms with Gasteiger partial charge in [0.15, 0.2) is 17.2 Å². The average Bonchev–Trinajstić information content (AvgIpc) is 3.52. The zero-order valence-corrected chi connectivity index (χ0v) is 19.4. The molecular formula is C27H26N4O4. The van der Waals surface area contributed by atoms with Gasteiger partial charge in [-0.3, -0.25) is 14.7 Å². The summed E-state index contributed by atoms with van der Waals surface area (Å²) in [5, 5.41) is 2.86. The second kappa shape index (κ2) is 10.4. The molecule has 0 bridgehead atoms. The number of rotatable bonds is 9. The number of hydrogen-bond donors (Lipinski definition) is 1. The van der Waals surface area contributed by atoms with Gasteiger partial charge in [-0.2, -0.15) is 0 Å². The lowest BCUT2D eigenvalue weighted by Crippen LogP contribution is -2.24. The van der Waals surface area contributed by atoms with Gasteiger partial charge in [-0.05, 0) is 47.9 Å². The van der Waals surface area contributed by atoms with Gasteiger partial charge in [0, 0.05) is 32.0 Å². The van der Waals surface area contributed by atoms with Gasteiger partial charge in [0.25, 0.3) is 5.91 Å². The fourth-order valence-corrected chi connectivity index (χ4v) is 3.99. The van der Waals surface area contributed by atoms with Gasteiger partial charge in [0.2, 0.25) is 12.7 Å². The Balaban J connectivity index is 1.28. The lowest BCUT2D eigenvalue weighted by Gasteiger charge is -2.21. The van der Waals surface area contributed by atoms with Crippen LogP contribution in [0.15, 0.2) is 77.7 Å². The molecule has 0 unspecified atom stereocenters. The van der Waals surface area contributed by atoms with Crippen LogP contribution < -0.4 is 14.8 Å². The summed E-state index contributed by atoms with van der Waals surface area (Å²) in [5.41, 5.74) is 4.70. The van der Waals surface area contributed by atoms with Crippen molar-refractivity contribution in [1.82, 2.24) is 20.2 Å². The molecule has 0 radical (unpaired) electrons. The van der Waals surface area contributed by atoms with Crippen LogP contribution in [-0.4, -0.2) is 27.6 Å². The van der Waals surface area contributed by atoms with E-state index in [-0.39, 0.29) is 18.4 Å². The first-order chi connectivity index (χ1) is 17.1. The number of ether oxygens (including phenoxy) is 2. The Labute approximate surface area is 203 Å². The third-order valence-corrected chi connectivity index (χ3v) is 5.68. The predicted octanol–water partition coefficient (Wildman–Crippen LogP) is 4.24. The zero-order chi connectivity index (χ0) is 24.0. The van der Waals surface area contributed by atoms with Crippen LogP contribution in [0.1, 0.15) is 38.6 Å². The molecule has 1 N–H and O–H groups in total. The molecule has 2 aromatic carbocycles. The summed E-state index contributed by atoms with van der Waals surface area (Å²) in [6.45, 7) is 4.51. The number of aryl methyl sites for hydroxylation is 1. The van der Waals surface area contributed by atoms with Gasteiger partial charge >= 0.3 is 0 Å². The second-order valence-electron chi connectivity index (χ2n) is 8.49. The molecule has 0 saturated carbocycles. The number of oxazole rings is 1. The Morgan fingerprint density at radius 2 is 1.74 bits per heavy atom. The molecule has 35 heavy (non-hydrogen) atoms. The van der Waals surface area contributed by atoms with Gasteiger partial charge < -0.3 is 19.2 Å². The van der Waals surface area contributed by atoms with Crippen molar-refractivity contribution in [3.8, 4) is 11.5 Å². The summed E-state index contributed by atoms with van der Waals surface area (Å²) in [5.74, 6) is 1.71. The topological polar surface area (TPSA) is 89.7 Å². The zero-order valence-electron chi connectivity index (χ0n) is 19.4. The molecule has 0 spiro atoms. The summed E-state index contributed by atoms with van der Waals surface area (Å²) in [6, 6.07) is 18.1. The lowest BCUT2D eigenvalue weighted by molar-refractivity contribution is 0.0945. The normalized spacial score (nSPS) is 12.2. The Bertz CT molecular complexity index is 1310. The number of pyridine rings is 1. The van der Waals surface area contributed by atoms with Crippen LogP contribution in [0, 0.1) is 6.92 Å². The van der Waals surface area contributed by atoms with Crippen molar-refractivity contribution in [1.29, 1.82) is 0 Å². The minimum atomic E-state index is -0.280. The first-order valence-electron chi connectivity index (χ1n) is 11.4. The highest BCUT2D eigenvalue weighted by molar-refractivity contribution is 5.91. The molecule has 0 atom stereocenters. The SMILES string of the molecule is Cc1cccc(CN(Cc2ccc3c(c2)OCO3)Cc2nc(C(=O)NCc3ccncc3)co2)c1. The maximum absolute atomic E-state index is 12.6. The molecule has 4 aromatic rings. The summed E-state index contributed by atoms with van der Waals surface area (Å²) in [7, 11) is 0. The number of carbonyl (C=O) groups is 1. The van der Waals surface area contributed by atoms with Crippen LogP contribution >= 0.6 is 0 Å². The van der Waals surface area contributed by atoms with Gasteiger partial charge in [0.05, 0.1) is 6.54 Å². The first kappa shape index (κ1) is 22.6. The highest BCUT2D eigenvalue weighted by Gasteiger charge is 2.18. The molecule has 8 heteroatoms. The number of benzene rings is 2. The quantitative estimate of drug-likeness (QED) is 0.391. The third-order valence-electron chi connectivity index (χ3n) is 5.68. The number of aromatic nitrogens is 2. The standard InChI is InChI=1S/C27H26N4O4/c1-19-3-2-4-21(11-19)14-31(15-22-5-6-24-25(12-22)35-18-34-24)16-26-30-23(17-33-26)27(32)29-13-20-7-9-28-10-8-20/h2-12,17H,13-16,18H2,1H3,(H,29,32). The fourth-order valence-electron chi connectivity index (χ4n) is 3.99. The van der Waals surface area contributed by atoms with Gasteiger partial charge in [-0.1, -0.05) is 35.9 Å². The van der Waals surface area contributed by atoms with Crippen molar-refractivity contribution in [2.45, 2.75) is 33.1 Å². The van der Waals surface area contributed by atoms with Crippen LogP contribution in [-0.2, 0) is 26.2 Å². The number of hydrogen-bond acceptors (Lipinski definition) is 7. The van der Waals surface area contributed by atoms with E-state index >= 15 is 0 Å². The van der Waals surface area contributed by atoms with Gasteiger partial charge in [-0.25, -0.2) is 4.98 Å². The van der Waals surface area contributed by atoms with Crippen molar-refractivity contribution < 1.29 is 18.7 Å². The van der Waals surface area contributed by atoms with Crippen molar-refractivity contribution >= 4 is 5.91 Å². The molecular weight excluding hydrogens is 444 g/mol. The van der Waals surface area contributed by atoms with Gasteiger partial charge in [0.1, 0.15) is 6.26 Å². The monoisotopic (exact) mass is 470 g/mol. The summed E-state index contributed by atoms with van der Waals surface area (Å²) in [6.07, 6.45) is 4.79.